The predicted octanol–water partition coefficient (Wildman–Crippen LogP) is 2.77. The third kappa shape index (κ3) is 8.89. The third-order valence-electron chi connectivity index (χ3n) is 3.70. The lowest BCUT2D eigenvalue weighted by Gasteiger charge is -2.23. The van der Waals surface area contributed by atoms with Crippen LogP contribution in [0.15, 0.2) is 24.3 Å². The molecular weight excluding hydrogens is 304 g/mol. The van der Waals surface area contributed by atoms with Crippen LogP contribution >= 0.6 is 0 Å². The van der Waals surface area contributed by atoms with E-state index in [1.807, 2.05) is 0 Å². The average molecular weight is 336 g/mol. The molecule has 1 amide bonds. The van der Waals surface area contributed by atoms with Crippen LogP contribution in [0, 0.1) is 6.92 Å². The molecule has 0 aliphatic rings. The molecule has 5 heteroatoms. The van der Waals surface area contributed by atoms with Gasteiger partial charge in [0.1, 0.15) is 6.61 Å². The van der Waals surface area contributed by atoms with Crippen LogP contribution < -0.4 is 10.2 Å². The van der Waals surface area contributed by atoms with Crippen LogP contribution in [0.5, 0.6) is 0 Å². The Morgan fingerprint density at radius 3 is 2.67 bits per heavy atom. The van der Waals surface area contributed by atoms with Gasteiger partial charge in [-0.25, -0.2) is 0 Å². The van der Waals surface area contributed by atoms with Crippen LogP contribution in [0.25, 0.3) is 0 Å². The Kier molecular flexibility index (Phi) is 10.9. The lowest BCUT2D eigenvalue weighted by atomic mass is 10.2. The summed E-state index contributed by atoms with van der Waals surface area (Å²) in [6, 6.07) is 8.40. The van der Waals surface area contributed by atoms with E-state index < -0.39 is 0 Å². The van der Waals surface area contributed by atoms with E-state index in [4.69, 9.17) is 9.47 Å². The van der Waals surface area contributed by atoms with Gasteiger partial charge in [-0.2, -0.15) is 0 Å². The number of benzene rings is 1. The molecule has 0 saturated carbocycles. The monoisotopic (exact) mass is 336 g/mol. The number of carbonyl (C=O) groups excluding carboxylic acids is 1. The second kappa shape index (κ2) is 12.8. The number of rotatable bonds is 13. The number of hydrogen-bond acceptors (Lipinski definition) is 4. The molecule has 0 fully saturated rings. The van der Waals surface area contributed by atoms with Crippen molar-refractivity contribution in [2.75, 3.05) is 51.0 Å². The molecule has 0 atom stereocenters. The number of aryl methyl sites for hydroxylation is 1. The normalized spacial score (nSPS) is 10.6. The van der Waals surface area contributed by atoms with Gasteiger partial charge >= 0.3 is 0 Å². The van der Waals surface area contributed by atoms with E-state index in [0.29, 0.717) is 19.8 Å². The summed E-state index contributed by atoms with van der Waals surface area (Å²) in [5, 5.41) is 2.90. The zero-order chi connectivity index (χ0) is 17.6. The first kappa shape index (κ1) is 20.5. The highest BCUT2D eigenvalue weighted by Crippen LogP contribution is 2.14. The summed E-state index contributed by atoms with van der Waals surface area (Å²) in [4.78, 5) is 14.0. The highest BCUT2D eigenvalue weighted by molar-refractivity contribution is 5.77. The van der Waals surface area contributed by atoms with Crippen molar-refractivity contribution in [3.8, 4) is 0 Å². The zero-order valence-electron chi connectivity index (χ0n) is 15.3. The van der Waals surface area contributed by atoms with Crippen molar-refractivity contribution in [2.45, 2.75) is 33.6 Å². The van der Waals surface area contributed by atoms with Gasteiger partial charge in [0, 0.05) is 31.9 Å². The third-order valence-corrected chi connectivity index (χ3v) is 3.70. The molecule has 1 aromatic carbocycles. The van der Waals surface area contributed by atoms with E-state index >= 15 is 0 Å². The van der Waals surface area contributed by atoms with Crippen molar-refractivity contribution >= 4 is 11.6 Å². The second-order valence-electron chi connectivity index (χ2n) is 5.79. The first-order valence-electron chi connectivity index (χ1n) is 8.91. The van der Waals surface area contributed by atoms with Gasteiger partial charge in [0.15, 0.2) is 0 Å². The number of hydrogen-bond donors (Lipinski definition) is 1. The molecule has 0 bridgehead atoms. The van der Waals surface area contributed by atoms with Crippen LogP contribution in [-0.4, -0.2) is 52.0 Å². The van der Waals surface area contributed by atoms with E-state index in [1.165, 1.54) is 11.3 Å². The number of ether oxygens (including phenoxy) is 2. The van der Waals surface area contributed by atoms with Gasteiger partial charge in [-0.1, -0.05) is 25.5 Å². The minimum atomic E-state index is -0.0798. The Bertz CT molecular complexity index is 466. The van der Waals surface area contributed by atoms with Crippen LogP contribution in [0.3, 0.4) is 0 Å². The van der Waals surface area contributed by atoms with Gasteiger partial charge in [0.2, 0.25) is 5.91 Å². The standard InChI is InChI=1S/C19H32N2O3/c1-4-6-12-23-13-14-24-16-19(22)20-10-11-21(5-2)18-9-7-8-17(3)15-18/h7-9,15H,4-6,10-14,16H2,1-3H3,(H,20,22). The lowest BCUT2D eigenvalue weighted by molar-refractivity contribution is -0.126. The van der Waals surface area contributed by atoms with Gasteiger partial charge in [-0.05, 0) is 38.0 Å². The summed E-state index contributed by atoms with van der Waals surface area (Å²) in [5.74, 6) is -0.0798. The highest BCUT2D eigenvalue weighted by atomic mass is 16.5. The molecule has 1 N–H and O–H groups in total. The molecule has 0 radical (unpaired) electrons. The molecule has 0 aliphatic heterocycles. The number of likely N-dealkylation sites (N-methyl/N-ethyl adjacent to an activating group) is 1. The first-order chi connectivity index (χ1) is 11.7. The lowest BCUT2D eigenvalue weighted by Crippen LogP contribution is -2.36. The Morgan fingerprint density at radius 2 is 1.96 bits per heavy atom. The molecule has 0 heterocycles. The summed E-state index contributed by atoms with van der Waals surface area (Å²) < 4.78 is 10.7. The SMILES string of the molecule is CCCCOCCOCC(=O)NCCN(CC)c1cccc(C)c1. The van der Waals surface area contributed by atoms with E-state index in [0.717, 1.165) is 32.5 Å². The highest BCUT2D eigenvalue weighted by Gasteiger charge is 2.06. The summed E-state index contributed by atoms with van der Waals surface area (Å²) in [6.45, 7) is 10.5. The van der Waals surface area contributed by atoms with Crippen LogP contribution in [0.1, 0.15) is 32.3 Å². The van der Waals surface area contributed by atoms with Crippen molar-refractivity contribution in [3.05, 3.63) is 29.8 Å². The topological polar surface area (TPSA) is 50.8 Å². The minimum absolute atomic E-state index is 0.0798. The molecule has 0 aliphatic carbocycles. The van der Waals surface area contributed by atoms with Crippen molar-refractivity contribution < 1.29 is 14.3 Å². The molecule has 0 unspecified atom stereocenters. The van der Waals surface area contributed by atoms with E-state index in [-0.39, 0.29) is 12.5 Å². The average Bonchev–Trinajstić information content (AvgIpc) is 2.58. The summed E-state index contributed by atoms with van der Waals surface area (Å²) in [6.07, 6.45) is 2.19. The fourth-order valence-corrected chi connectivity index (χ4v) is 2.31. The van der Waals surface area contributed by atoms with Crippen molar-refractivity contribution in [1.82, 2.24) is 5.32 Å². The smallest absolute Gasteiger partial charge is 0.246 e. The fraction of sp³-hybridized carbons (Fsp3) is 0.632. The number of unbranched alkanes of at least 4 members (excludes halogenated alkanes) is 1. The first-order valence-corrected chi connectivity index (χ1v) is 8.91. The van der Waals surface area contributed by atoms with Crippen molar-refractivity contribution in [2.24, 2.45) is 0 Å². The summed E-state index contributed by atoms with van der Waals surface area (Å²) >= 11 is 0. The number of anilines is 1. The van der Waals surface area contributed by atoms with E-state index in [2.05, 4.69) is 55.3 Å². The number of nitrogens with zero attached hydrogens (tertiary/aromatic N) is 1. The predicted molar refractivity (Wildman–Crippen MR) is 98.6 cm³/mol. The van der Waals surface area contributed by atoms with Crippen LogP contribution in [-0.2, 0) is 14.3 Å². The quantitative estimate of drug-likeness (QED) is 0.563. The maximum Gasteiger partial charge on any atom is 0.246 e. The van der Waals surface area contributed by atoms with E-state index in [1.54, 1.807) is 0 Å². The maximum atomic E-state index is 11.7. The number of amides is 1. The van der Waals surface area contributed by atoms with Crippen molar-refractivity contribution in [1.29, 1.82) is 0 Å². The van der Waals surface area contributed by atoms with Crippen molar-refractivity contribution in [3.63, 3.8) is 0 Å². The minimum Gasteiger partial charge on any atom is -0.379 e. The van der Waals surface area contributed by atoms with Gasteiger partial charge in [-0.3, -0.25) is 4.79 Å². The molecule has 24 heavy (non-hydrogen) atoms. The molecular formula is C19H32N2O3. The van der Waals surface area contributed by atoms with Gasteiger partial charge < -0.3 is 19.7 Å². The van der Waals surface area contributed by atoms with Gasteiger partial charge in [0.25, 0.3) is 0 Å². The van der Waals surface area contributed by atoms with Gasteiger partial charge in [-0.15, -0.1) is 0 Å². The Hall–Kier alpha value is -1.59. The Balaban J connectivity index is 2.13. The largest absolute Gasteiger partial charge is 0.379 e. The second-order valence-corrected chi connectivity index (χ2v) is 5.79. The molecule has 0 aromatic heterocycles. The molecule has 0 spiro atoms. The van der Waals surface area contributed by atoms with E-state index in [9.17, 15) is 4.79 Å². The van der Waals surface area contributed by atoms with Crippen LogP contribution in [0.2, 0.25) is 0 Å². The zero-order valence-corrected chi connectivity index (χ0v) is 15.3. The Labute approximate surface area is 146 Å². The summed E-state index contributed by atoms with van der Waals surface area (Å²) in [5.41, 5.74) is 2.43. The summed E-state index contributed by atoms with van der Waals surface area (Å²) in [7, 11) is 0. The maximum absolute atomic E-state index is 11.7. The molecule has 136 valence electrons. The Morgan fingerprint density at radius 1 is 1.17 bits per heavy atom. The number of carbonyl (C=O) groups is 1. The molecule has 1 aromatic rings. The molecule has 1 rings (SSSR count). The van der Waals surface area contributed by atoms with Gasteiger partial charge in [0.05, 0.1) is 13.2 Å². The van der Waals surface area contributed by atoms with Crippen LogP contribution in [0.4, 0.5) is 5.69 Å². The molecule has 5 nitrogen and oxygen atoms in total. The number of nitrogens with one attached hydrogen (secondary N) is 1. The fourth-order valence-electron chi connectivity index (χ4n) is 2.31. The molecule has 0 saturated heterocycles.